The van der Waals surface area contributed by atoms with Gasteiger partial charge in [-0.1, -0.05) is 38.1 Å². The van der Waals surface area contributed by atoms with Crippen molar-refractivity contribution < 1.29 is 9.18 Å². The lowest BCUT2D eigenvalue weighted by Crippen LogP contribution is -2.37. The van der Waals surface area contributed by atoms with Crippen LogP contribution < -0.4 is 10.6 Å². The van der Waals surface area contributed by atoms with Gasteiger partial charge in [0.15, 0.2) is 0 Å². The van der Waals surface area contributed by atoms with Gasteiger partial charge in [-0.15, -0.1) is 0 Å². The fraction of sp³-hybridized carbons (Fsp3) is 0.348. The predicted molar refractivity (Wildman–Crippen MR) is 107 cm³/mol. The molecule has 0 spiro atoms. The zero-order valence-corrected chi connectivity index (χ0v) is 16.2. The van der Waals surface area contributed by atoms with Crippen LogP contribution in [0.3, 0.4) is 0 Å². The molecule has 1 heterocycles. The zero-order valence-electron chi connectivity index (χ0n) is 16.2. The SMILES string of the molecule is Cc1cc2c(cc1C)NC(c1ccccc1F)C1C(=O)CC(C)(C)C=C1N2. The first kappa shape index (κ1) is 17.8. The maximum absolute atomic E-state index is 14.7. The summed E-state index contributed by atoms with van der Waals surface area (Å²) in [5.41, 5.74) is 5.31. The molecule has 2 aliphatic rings. The molecule has 0 fully saturated rings. The van der Waals surface area contributed by atoms with Crippen molar-refractivity contribution >= 4 is 17.2 Å². The molecule has 4 rings (SSSR count). The number of ketones is 1. The molecule has 0 saturated carbocycles. The van der Waals surface area contributed by atoms with Crippen molar-refractivity contribution in [1.82, 2.24) is 0 Å². The first-order valence-corrected chi connectivity index (χ1v) is 9.40. The third kappa shape index (κ3) is 3.14. The molecule has 0 radical (unpaired) electrons. The Morgan fingerprint density at radius 1 is 1.07 bits per heavy atom. The third-order valence-electron chi connectivity index (χ3n) is 5.66. The highest BCUT2D eigenvalue weighted by molar-refractivity contribution is 5.90. The van der Waals surface area contributed by atoms with Gasteiger partial charge in [-0.2, -0.15) is 0 Å². The van der Waals surface area contributed by atoms with Crippen molar-refractivity contribution in [2.45, 2.75) is 40.2 Å². The number of aryl methyl sites for hydroxylation is 2. The minimum Gasteiger partial charge on any atom is -0.375 e. The van der Waals surface area contributed by atoms with Crippen LogP contribution in [0.4, 0.5) is 15.8 Å². The molecule has 2 aromatic carbocycles. The molecular weight excluding hydrogens is 339 g/mol. The van der Waals surface area contributed by atoms with Crippen LogP contribution >= 0.6 is 0 Å². The second-order valence-corrected chi connectivity index (χ2v) is 8.46. The summed E-state index contributed by atoms with van der Waals surface area (Å²) in [6.45, 7) is 8.25. The van der Waals surface area contributed by atoms with E-state index in [4.69, 9.17) is 0 Å². The van der Waals surface area contributed by atoms with Gasteiger partial charge in [0.05, 0.1) is 23.3 Å². The van der Waals surface area contributed by atoms with E-state index >= 15 is 0 Å². The largest absolute Gasteiger partial charge is 0.375 e. The normalized spacial score (nSPS) is 23.3. The first-order chi connectivity index (χ1) is 12.7. The fourth-order valence-corrected chi connectivity index (χ4v) is 4.20. The first-order valence-electron chi connectivity index (χ1n) is 9.40. The maximum Gasteiger partial charge on any atom is 0.145 e. The highest BCUT2D eigenvalue weighted by atomic mass is 19.1. The molecule has 2 N–H and O–H groups in total. The Kier molecular flexibility index (Phi) is 4.10. The molecule has 2 aromatic rings. The van der Waals surface area contributed by atoms with Crippen LogP contribution in [0.5, 0.6) is 0 Å². The van der Waals surface area contributed by atoms with E-state index in [2.05, 4.69) is 56.5 Å². The summed E-state index contributed by atoms with van der Waals surface area (Å²) >= 11 is 0. The smallest absolute Gasteiger partial charge is 0.145 e. The Hall–Kier alpha value is -2.62. The predicted octanol–water partition coefficient (Wildman–Crippen LogP) is 5.52. The van der Waals surface area contributed by atoms with Crippen LogP contribution in [0.2, 0.25) is 0 Å². The Morgan fingerprint density at radius 3 is 2.44 bits per heavy atom. The van der Waals surface area contributed by atoms with Gasteiger partial charge in [-0.05, 0) is 48.6 Å². The number of carbonyl (C=O) groups excluding carboxylic acids is 1. The molecule has 0 aromatic heterocycles. The van der Waals surface area contributed by atoms with Crippen LogP contribution in [0.25, 0.3) is 0 Å². The topological polar surface area (TPSA) is 41.1 Å². The number of benzene rings is 2. The number of allylic oxidation sites excluding steroid dienone is 1. The van der Waals surface area contributed by atoms with Gasteiger partial charge in [-0.3, -0.25) is 4.79 Å². The lowest BCUT2D eigenvalue weighted by atomic mass is 9.72. The lowest BCUT2D eigenvalue weighted by molar-refractivity contribution is -0.124. The van der Waals surface area contributed by atoms with E-state index in [0.29, 0.717) is 12.0 Å². The number of rotatable bonds is 1. The second-order valence-electron chi connectivity index (χ2n) is 8.46. The van der Waals surface area contributed by atoms with Crippen molar-refractivity contribution in [3.63, 3.8) is 0 Å². The van der Waals surface area contributed by atoms with Crippen LogP contribution in [0.15, 0.2) is 48.2 Å². The molecule has 3 nitrogen and oxygen atoms in total. The molecule has 27 heavy (non-hydrogen) atoms. The molecule has 140 valence electrons. The van der Waals surface area contributed by atoms with Crippen LogP contribution in [-0.4, -0.2) is 5.78 Å². The van der Waals surface area contributed by atoms with Crippen molar-refractivity contribution in [2.75, 3.05) is 10.6 Å². The van der Waals surface area contributed by atoms with Gasteiger partial charge in [0.1, 0.15) is 11.6 Å². The van der Waals surface area contributed by atoms with E-state index in [1.807, 2.05) is 6.07 Å². The molecular formula is C23H25FN2O. The summed E-state index contributed by atoms with van der Waals surface area (Å²) in [5.74, 6) is -0.603. The van der Waals surface area contributed by atoms with Gasteiger partial charge in [0.2, 0.25) is 0 Å². The second kappa shape index (κ2) is 6.22. The van der Waals surface area contributed by atoms with Gasteiger partial charge in [-0.25, -0.2) is 4.39 Å². The van der Waals surface area contributed by atoms with E-state index < -0.39 is 12.0 Å². The minimum atomic E-state index is -0.447. The monoisotopic (exact) mass is 364 g/mol. The number of fused-ring (bicyclic) bond motifs is 2. The van der Waals surface area contributed by atoms with Crippen molar-refractivity contribution in [3.8, 4) is 0 Å². The van der Waals surface area contributed by atoms with Gasteiger partial charge >= 0.3 is 0 Å². The van der Waals surface area contributed by atoms with Crippen LogP contribution in [-0.2, 0) is 4.79 Å². The maximum atomic E-state index is 14.7. The van der Waals surface area contributed by atoms with Gasteiger partial charge < -0.3 is 10.6 Å². The highest BCUT2D eigenvalue weighted by Crippen LogP contribution is 2.46. The van der Waals surface area contributed by atoms with E-state index in [0.717, 1.165) is 22.6 Å². The van der Waals surface area contributed by atoms with Crippen LogP contribution in [0.1, 0.15) is 43.0 Å². The number of carbonyl (C=O) groups is 1. The molecule has 2 atom stereocenters. The van der Waals surface area contributed by atoms with Gasteiger partial charge in [0, 0.05) is 17.7 Å². The average molecular weight is 364 g/mol. The molecule has 0 bridgehead atoms. The average Bonchev–Trinajstić information content (AvgIpc) is 2.71. The standard InChI is InChI=1S/C23H25FN2O/c1-13-9-17-18(10-14(13)2)26-22(15-7-5-6-8-16(15)24)21-19(25-17)11-23(3,4)12-20(21)27/h5-11,21-22,25-26H,12H2,1-4H3. The number of hydrogen-bond donors (Lipinski definition) is 2. The molecule has 4 heteroatoms. The Labute approximate surface area is 159 Å². The van der Waals surface area contributed by atoms with E-state index in [1.54, 1.807) is 12.1 Å². The van der Waals surface area contributed by atoms with E-state index in [1.165, 1.54) is 11.6 Å². The summed E-state index contributed by atoms with van der Waals surface area (Å²) in [5, 5.41) is 6.97. The summed E-state index contributed by atoms with van der Waals surface area (Å²) < 4.78 is 14.7. The van der Waals surface area contributed by atoms with E-state index in [9.17, 15) is 9.18 Å². The molecule has 0 amide bonds. The zero-order chi connectivity index (χ0) is 19.3. The Morgan fingerprint density at radius 2 is 1.74 bits per heavy atom. The lowest BCUT2D eigenvalue weighted by Gasteiger charge is -2.35. The van der Waals surface area contributed by atoms with Crippen molar-refractivity contribution in [1.29, 1.82) is 0 Å². The summed E-state index contributed by atoms with van der Waals surface area (Å²) in [6, 6.07) is 10.4. The summed E-state index contributed by atoms with van der Waals surface area (Å²) in [6.07, 6.45) is 2.59. The fourth-order valence-electron chi connectivity index (χ4n) is 4.20. The molecule has 1 aliphatic heterocycles. The van der Waals surface area contributed by atoms with E-state index in [-0.39, 0.29) is 17.0 Å². The van der Waals surface area contributed by atoms with Crippen LogP contribution in [0, 0.1) is 31.0 Å². The number of hydrogen-bond acceptors (Lipinski definition) is 3. The summed E-state index contributed by atoms with van der Waals surface area (Å²) in [4.78, 5) is 13.1. The quantitative estimate of drug-likeness (QED) is 0.700. The molecule has 1 aliphatic carbocycles. The van der Waals surface area contributed by atoms with Crippen molar-refractivity contribution in [3.05, 3.63) is 70.7 Å². The Bertz CT molecular complexity index is 961. The highest BCUT2D eigenvalue weighted by Gasteiger charge is 2.42. The third-order valence-corrected chi connectivity index (χ3v) is 5.66. The van der Waals surface area contributed by atoms with Gasteiger partial charge in [0.25, 0.3) is 0 Å². The number of Topliss-reactive ketones (excluding diaryl/α,β-unsaturated/α-hetero) is 1. The van der Waals surface area contributed by atoms with Crippen molar-refractivity contribution in [2.24, 2.45) is 11.3 Å². The Balaban J connectivity index is 1.93. The summed E-state index contributed by atoms with van der Waals surface area (Å²) in [7, 11) is 0. The number of anilines is 2. The number of nitrogens with one attached hydrogen (secondary N) is 2. The number of halogens is 1. The molecule has 2 unspecified atom stereocenters. The minimum absolute atomic E-state index is 0.131. The molecule has 0 saturated heterocycles.